The van der Waals surface area contributed by atoms with Gasteiger partial charge in [0.25, 0.3) is 0 Å². The summed E-state index contributed by atoms with van der Waals surface area (Å²) in [5.74, 6) is 0.807. The van der Waals surface area contributed by atoms with Crippen molar-refractivity contribution in [1.82, 2.24) is 14.8 Å². The van der Waals surface area contributed by atoms with E-state index in [1.165, 1.54) is 5.56 Å². The molecule has 3 rings (SSSR count). The average Bonchev–Trinajstić information content (AvgIpc) is 3.08. The Hall–Kier alpha value is -2.35. The van der Waals surface area contributed by atoms with Gasteiger partial charge >= 0.3 is 0 Å². The van der Waals surface area contributed by atoms with Gasteiger partial charge in [-0.1, -0.05) is 0 Å². The smallest absolute Gasteiger partial charge is 0.146 e. The second-order valence-electron chi connectivity index (χ2n) is 5.22. The van der Waals surface area contributed by atoms with Crippen molar-refractivity contribution in [2.45, 2.75) is 32.4 Å². The summed E-state index contributed by atoms with van der Waals surface area (Å²) in [5.41, 5.74) is 1.82. The number of rotatable bonds is 3. The highest BCUT2D eigenvalue weighted by molar-refractivity contribution is 5.54. The predicted molar refractivity (Wildman–Crippen MR) is 76.3 cm³/mol. The topological polar surface area (TPSA) is 57.7 Å². The van der Waals surface area contributed by atoms with Gasteiger partial charge in [0.2, 0.25) is 0 Å². The highest BCUT2D eigenvalue weighted by Gasteiger charge is 2.27. The molecule has 0 N–H and O–H groups in total. The minimum absolute atomic E-state index is 0.358. The quantitative estimate of drug-likeness (QED) is 0.854. The van der Waals surface area contributed by atoms with Gasteiger partial charge in [-0.15, -0.1) is 0 Å². The zero-order valence-electron chi connectivity index (χ0n) is 11.5. The molecule has 3 heterocycles. The van der Waals surface area contributed by atoms with Crippen molar-refractivity contribution in [2.75, 3.05) is 11.4 Å². The lowest BCUT2D eigenvalue weighted by molar-refractivity contribution is 0.507. The Morgan fingerprint density at radius 1 is 1.50 bits per heavy atom. The SMILES string of the molecule is Cc1cnn(CC2CCCN2c2ncccc2C#N)c1. The second-order valence-corrected chi connectivity index (χ2v) is 5.22. The van der Waals surface area contributed by atoms with Gasteiger partial charge in [-0.2, -0.15) is 10.4 Å². The van der Waals surface area contributed by atoms with E-state index in [4.69, 9.17) is 0 Å². The van der Waals surface area contributed by atoms with Crippen molar-refractivity contribution < 1.29 is 0 Å². The van der Waals surface area contributed by atoms with Crippen LogP contribution in [0.3, 0.4) is 0 Å². The van der Waals surface area contributed by atoms with Crippen LogP contribution in [0.15, 0.2) is 30.7 Å². The molecule has 102 valence electrons. The zero-order chi connectivity index (χ0) is 13.9. The number of hydrogen-bond acceptors (Lipinski definition) is 4. The summed E-state index contributed by atoms with van der Waals surface area (Å²) in [6.07, 6.45) is 7.93. The van der Waals surface area contributed by atoms with E-state index in [1.807, 2.05) is 29.9 Å². The minimum Gasteiger partial charge on any atom is -0.351 e. The summed E-state index contributed by atoms with van der Waals surface area (Å²) < 4.78 is 1.98. The van der Waals surface area contributed by atoms with Gasteiger partial charge in [-0.05, 0) is 37.5 Å². The molecule has 1 aliphatic rings. The fraction of sp³-hybridized carbons (Fsp3) is 0.400. The first-order valence-electron chi connectivity index (χ1n) is 6.89. The maximum atomic E-state index is 9.22. The highest BCUT2D eigenvalue weighted by Crippen LogP contribution is 2.27. The van der Waals surface area contributed by atoms with E-state index in [2.05, 4.69) is 27.2 Å². The molecule has 0 saturated carbocycles. The monoisotopic (exact) mass is 267 g/mol. The third-order valence-electron chi connectivity index (χ3n) is 3.72. The Kier molecular flexibility index (Phi) is 3.38. The van der Waals surface area contributed by atoms with E-state index in [1.54, 1.807) is 6.20 Å². The molecule has 0 radical (unpaired) electrons. The molecule has 0 aromatic carbocycles. The summed E-state index contributed by atoms with van der Waals surface area (Å²) in [4.78, 5) is 6.65. The predicted octanol–water partition coefficient (Wildman–Crippen LogP) is 2.13. The summed E-state index contributed by atoms with van der Waals surface area (Å²) >= 11 is 0. The van der Waals surface area contributed by atoms with Gasteiger partial charge < -0.3 is 4.90 Å². The van der Waals surface area contributed by atoms with Crippen LogP contribution in [0.25, 0.3) is 0 Å². The molecule has 0 aliphatic carbocycles. The number of nitriles is 1. The summed E-state index contributed by atoms with van der Waals surface area (Å²) in [6, 6.07) is 6.23. The van der Waals surface area contributed by atoms with Crippen LogP contribution < -0.4 is 4.90 Å². The molecular formula is C15H17N5. The Labute approximate surface area is 118 Å². The molecule has 1 unspecified atom stereocenters. The summed E-state index contributed by atoms with van der Waals surface area (Å²) in [5, 5.41) is 13.6. The fourth-order valence-electron chi connectivity index (χ4n) is 2.80. The Morgan fingerprint density at radius 2 is 2.40 bits per heavy atom. The van der Waals surface area contributed by atoms with Gasteiger partial charge in [-0.25, -0.2) is 4.98 Å². The summed E-state index contributed by atoms with van der Waals surface area (Å²) in [7, 11) is 0. The van der Waals surface area contributed by atoms with Crippen molar-refractivity contribution in [3.63, 3.8) is 0 Å². The molecule has 2 aromatic heterocycles. The molecule has 1 atom stereocenters. The number of nitrogens with zero attached hydrogens (tertiary/aromatic N) is 5. The first kappa shape index (κ1) is 12.7. The lowest BCUT2D eigenvalue weighted by Gasteiger charge is -2.26. The van der Waals surface area contributed by atoms with Crippen LogP contribution in [0.4, 0.5) is 5.82 Å². The molecule has 2 aromatic rings. The van der Waals surface area contributed by atoms with Gasteiger partial charge in [0.1, 0.15) is 11.9 Å². The maximum Gasteiger partial charge on any atom is 0.146 e. The Morgan fingerprint density at radius 3 is 3.15 bits per heavy atom. The third-order valence-corrected chi connectivity index (χ3v) is 3.72. The first-order valence-corrected chi connectivity index (χ1v) is 6.89. The van der Waals surface area contributed by atoms with E-state index < -0.39 is 0 Å². The van der Waals surface area contributed by atoms with Crippen LogP contribution >= 0.6 is 0 Å². The minimum atomic E-state index is 0.358. The highest BCUT2D eigenvalue weighted by atomic mass is 15.3. The standard InChI is InChI=1S/C15H17N5/c1-12-9-18-19(10-12)11-14-5-3-7-20(14)15-13(8-16)4-2-6-17-15/h2,4,6,9-10,14H,3,5,7,11H2,1H3. The van der Waals surface area contributed by atoms with Crippen molar-refractivity contribution in [1.29, 1.82) is 5.26 Å². The zero-order valence-corrected chi connectivity index (χ0v) is 11.5. The van der Waals surface area contributed by atoms with E-state index in [0.29, 0.717) is 11.6 Å². The lowest BCUT2D eigenvalue weighted by Crippen LogP contribution is -2.34. The normalized spacial score (nSPS) is 18.2. The van der Waals surface area contributed by atoms with Crippen LogP contribution in [0, 0.1) is 18.3 Å². The molecule has 0 spiro atoms. The van der Waals surface area contributed by atoms with Gasteiger partial charge in [-0.3, -0.25) is 4.68 Å². The second kappa shape index (κ2) is 5.33. The molecule has 20 heavy (non-hydrogen) atoms. The van der Waals surface area contributed by atoms with Crippen LogP contribution in [0.1, 0.15) is 24.0 Å². The van der Waals surface area contributed by atoms with Gasteiger partial charge in [0, 0.05) is 18.9 Å². The average molecular weight is 267 g/mol. The van der Waals surface area contributed by atoms with Gasteiger partial charge in [0.15, 0.2) is 0 Å². The molecule has 1 fully saturated rings. The van der Waals surface area contributed by atoms with Crippen LogP contribution in [-0.4, -0.2) is 27.4 Å². The van der Waals surface area contributed by atoms with Gasteiger partial charge in [0.05, 0.1) is 24.3 Å². The molecule has 5 heteroatoms. The van der Waals surface area contributed by atoms with Crippen LogP contribution in [0.2, 0.25) is 0 Å². The molecule has 1 saturated heterocycles. The van der Waals surface area contributed by atoms with Crippen molar-refractivity contribution in [2.24, 2.45) is 0 Å². The van der Waals surface area contributed by atoms with E-state index in [9.17, 15) is 5.26 Å². The Balaban J connectivity index is 1.84. The van der Waals surface area contributed by atoms with Crippen molar-refractivity contribution >= 4 is 5.82 Å². The van der Waals surface area contributed by atoms with Crippen LogP contribution in [-0.2, 0) is 6.54 Å². The molecule has 5 nitrogen and oxygen atoms in total. The first-order chi connectivity index (χ1) is 9.78. The largest absolute Gasteiger partial charge is 0.351 e. The number of hydrogen-bond donors (Lipinski definition) is 0. The molecule has 0 amide bonds. The number of aryl methyl sites for hydroxylation is 1. The van der Waals surface area contributed by atoms with Crippen molar-refractivity contribution in [3.8, 4) is 6.07 Å². The number of pyridine rings is 1. The molecule has 1 aliphatic heterocycles. The molecule has 0 bridgehead atoms. The maximum absolute atomic E-state index is 9.22. The third kappa shape index (κ3) is 2.37. The van der Waals surface area contributed by atoms with E-state index in [-0.39, 0.29) is 0 Å². The van der Waals surface area contributed by atoms with Crippen molar-refractivity contribution in [3.05, 3.63) is 41.9 Å². The number of anilines is 1. The van der Waals surface area contributed by atoms with Crippen LogP contribution in [0.5, 0.6) is 0 Å². The summed E-state index contributed by atoms with van der Waals surface area (Å²) in [6.45, 7) is 3.84. The van der Waals surface area contributed by atoms with E-state index in [0.717, 1.165) is 31.7 Å². The molecular weight excluding hydrogens is 250 g/mol. The fourth-order valence-corrected chi connectivity index (χ4v) is 2.80. The number of aromatic nitrogens is 3. The lowest BCUT2D eigenvalue weighted by atomic mass is 10.2. The van der Waals surface area contributed by atoms with E-state index >= 15 is 0 Å². The Bertz CT molecular complexity index is 640.